The number of amides is 2. The van der Waals surface area contributed by atoms with Crippen LogP contribution in [0.1, 0.15) is 16.9 Å². The summed E-state index contributed by atoms with van der Waals surface area (Å²) in [5.74, 6) is -1.87. The average molecular weight is 444 g/mol. The molecule has 2 amide bonds. The number of hydrogen-bond donors (Lipinski definition) is 2. The predicted molar refractivity (Wildman–Crippen MR) is 102 cm³/mol. The van der Waals surface area contributed by atoms with Gasteiger partial charge in [0, 0.05) is 37.0 Å². The van der Waals surface area contributed by atoms with Crippen LogP contribution in [-0.2, 0) is 4.79 Å². The molecule has 160 valence electrons. The number of rotatable bonds is 10. The van der Waals surface area contributed by atoms with Crippen LogP contribution in [0.3, 0.4) is 0 Å². The quantitative estimate of drug-likeness (QED) is 0.588. The Morgan fingerprint density at radius 1 is 1.20 bits per heavy atom. The van der Waals surface area contributed by atoms with Crippen LogP contribution in [0.15, 0.2) is 48.8 Å². The van der Waals surface area contributed by atoms with Crippen LogP contribution in [0.25, 0.3) is 0 Å². The number of ether oxygens (including phenoxy) is 2. The second-order valence-electron chi connectivity index (χ2n) is 5.78. The summed E-state index contributed by atoms with van der Waals surface area (Å²) in [7, 11) is 0. The number of halogens is 4. The lowest BCUT2D eigenvalue weighted by molar-refractivity contribution is -0.122. The van der Waals surface area contributed by atoms with E-state index in [0.29, 0.717) is 5.70 Å². The first kappa shape index (κ1) is 23.0. The molecule has 2 aromatic rings. The number of nitrogens with zero attached hydrogens (tertiary/aromatic N) is 1. The SMILES string of the molecule is C=C(CCNC(=O)c1cc(OC(F)F)ccn1)NC(=O)COc1ccc(Cl)c(F)c1. The van der Waals surface area contributed by atoms with Crippen molar-refractivity contribution in [2.24, 2.45) is 0 Å². The molecule has 2 N–H and O–H groups in total. The average Bonchev–Trinajstić information content (AvgIpc) is 2.68. The molecule has 0 unspecified atom stereocenters. The van der Waals surface area contributed by atoms with Crippen LogP contribution in [0.4, 0.5) is 13.2 Å². The van der Waals surface area contributed by atoms with Crippen molar-refractivity contribution in [2.75, 3.05) is 13.2 Å². The minimum Gasteiger partial charge on any atom is -0.484 e. The normalized spacial score (nSPS) is 10.4. The highest BCUT2D eigenvalue weighted by Crippen LogP contribution is 2.20. The Labute approximate surface area is 174 Å². The molecule has 1 aromatic carbocycles. The zero-order chi connectivity index (χ0) is 22.1. The fourth-order valence-electron chi connectivity index (χ4n) is 2.14. The van der Waals surface area contributed by atoms with E-state index in [1.54, 1.807) is 0 Å². The van der Waals surface area contributed by atoms with Gasteiger partial charge in [0.1, 0.15) is 23.0 Å². The molecule has 1 aromatic heterocycles. The number of hydrogen-bond acceptors (Lipinski definition) is 5. The minimum absolute atomic E-state index is 0.0642. The summed E-state index contributed by atoms with van der Waals surface area (Å²) in [6.45, 7) is 0.359. The fourth-order valence-corrected chi connectivity index (χ4v) is 2.26. The largest absolute Gasteiger partial charge is 0.484 e. The summed E-state index contributed by atoms with van der Waals surface area (Å²) in [6.07, 6.45) is 1.36. The molecular weight excluding hydrogens is 427 g/mol. The van der Waals surface area contributed by atoms with E-state index in [4.69, 9.17) is 16.3 Å². The maximum Gasteiger partial charge on any atom is 0.387 e. The second kappa shape index (κ2) is 11.1. The Morgan fingerprint density at radius 3 is 2.67 bits per heavy atom. The summed E-state index contributed by atoms with van der Waals surface area (Å²) < 4.78 is 47.1. The first-order valence-corrected chi connectivity index (χ1v) is 8.87. The highest BCUT2D eigenvalue weighted by atomic mass is 35.5. The van der Waals surface area contributed by atoms with Crippen molar-refractivity contribution in [1.82, 2.24) is 15.6 Å². The number of benzene rings is 1. The van der Waals surface area contributed by atoms with Gasteiger partial charge in [0.2, 0.25) is 0 Å². The van der Waals surface area contributed by atoms with Crippen molar-refractivity contribution in [3.05, 3.63) is 65.3 Å². The van der Waals surface area contributed by atoms with Gasteiger partial charge in [0.25, 0.3) is 11.8 Å². The summed E-state index contributed by atoms with van der Waals surface area (Å²) in [5.41, 5.74) is 0.195. The van der Waals surface area contributed by atoms with Gasteiger partial charge in [-0.05, 0) is 18.2 Å². The summed E-state index contributed by atoms with van der Waals surface area (Å²) >= 11 is 5.56. The van der Waals surface area contributed by atoms with E-state index in [9.17, 15) is 22.8 Å². The maximum atomic E-state index is 13.3. The van der Waals surface area contributed by atoms with E-state index in [1.807, 2.05) is 0 Å². The molecule has 0 bridgehead atoms. The molecule has 0 saturated carbocycles. The number of carbonyl (C=O) groups is 2. The first-order valence-electron chi connectivity index (χ1n) is 8.49. The fraction of sp³-hybridized carbons (Fsp3) is 0.211. The zero-order valence-electron chi connectivity index (χ0n) is 15.5. The topological polar surface area (TPSA) is 89.5 Å². The van der Waals surface area contributed by atoms with Crippen molar-refractivity contribution >= 4 is 23.4 Å². The standard InChI is InChI=1S/C19H17ClF3N3O4/c1-11(26-17(27)10-29-12-2-3-14(20)15(21)8-12)4-6-25-18(28)16-9-13(5-7-24-16)30-19(22)23/h2-3,5,7-9,19H,1,4,6,10H2,(H,25,28)(H,26,27). The maximum absolute atomic E-state index is 13.3. The molecule has 0 aliphatic rings. The van der Waals surface area contributed by atoms with Gasteiger partial charge in [-0.25, -0.2) is 4.39 Å². The van der Waals surface area contributed by atoms with E-state index in [2.05, 4.69) is 26.9 Å². The summed E-state index contributed by atoms with van der Waals surface area (Å²) in [4.78, 5) is 27.6. The van der Waals surface area contributed by atoms with E-state index >= 15 is 0 Å². The van der Waals surface area contributed by atoms with Crippen LogP contribution in [0.2, 0.25) is 5.02 Å². The van der Waals surface area contributed by atoms with Crippen LogP contribution >= 0.6 is 11.6 Å². The molecule has 0 saturated heterocycles. The van der Waals surface area contributed by atoms with Gasteiger partial charge in [0.05, 0.1) is 5.02 Å². The Balaban J connectivity index is 1.71. The monoisotopic (exact) mass is 443 g/mol. The summed E-state index contributed by atoms with van der Waals surface area (Å²) in [6, 6.07) is 6.04. The lowest BCUT2D eigenvalue weighted by atomic mass is 10.3. The van der Waals surface area contributed by atoms with Gasteiger partial charge in [-0.3, -0.25) is 14.6 Å². The van der Waals surface area contributed by atoms with Gasteiger partial charge in [-0.15, -0.1) is 0 Å². The lowest BCUT2D eigenvalue weighted by Gasteiger charge is -2.11. The van der Waals surface area contributed by atoms with E-state index in [0.717, 1.165) is 12.1 Å². The van der Waals surface area contributed by atoms with Gasteiger partial charge >= 0.3 is 6.61 Å². The van der Waals surface area contributed by atoms with E-state index in [-0.39, 0.29) is 41.8 Å². The molecule has 0 aliphatic carbocycles. The third kappa shape index (κ3) is 7.63. The molecular formula is C19H17ClF3N3O4. The van der Waals surface area contributed by atoms with Crippen LogP contribution < -0.4 is 20.1 Å². The third-order valence-corrected chi connectivity index (χ3v) is 3.79. The van der Waals surface area contributed by atoms with Crippen molar-refractivity contribution in [3.63, 3.8) is 0 Å². The molecule has 30 heavy (non-hydrogen) atoms. The second-order valence-corrected chi connectivity index (χ2v) is 6.18. The number of alkyl halides is 2. The van der Waals surface area contributed by atoms with Gasteiger partial charge in [-0.2, -0.15) is 8.78 Å². The van der Waals surface area contributed by atoms with Crippen molar-refractivity contribution < 1.29 is 32.2 Å². The number of aromatic nitrogens is 1. The first-order chi connectivity index (χ1) is 14.2. The Hall–Kier alpha value is -3.27. The molecule has 1 heterocycles. The predicted octanol–water partition coefficient (Wildman–Crippen LogP) is 3.30. The van der Waals surface area contributed by atoms with Gasteiger partial charge < -0.3 is 20.1 Å². The van der Waals surface area contributed by atoms with Crippen LogP contribution in [0, 0.1) is 5.82 Å². The molecule has 7 nitrogen and oxygen atoms in total. The van der Waals surface area contributed by atoms with Crippen molar-refractivity contribution in [1.29, 1.82) is 0 Å². The Morgan fingerprint density at radius 2 is 1.97 bits per heavy atom. The Kier molecular flexibility index (Phi) is 8.48. The van der Waals surface area contributed by atoms with Crippen LogP contribution in [-0.4, -0.2) is 36.6 Å². The lowest BCUT2D eigenvalue weighted by Crippen LogP contribution is -2.31. The number of carbonyl (C=O) groups excluding carboxylic acids is 2. The summed E-state index contributed by atoms with van der Waals surface area (Å²) in [5, 5.41) is 4.92. The van der Waals surface area contributed by atoms with Gasteiger partial charge in [0.15, 0.2) is 6.61 Å². The highest BCUT2D eigenvalue weighted by molar-refractivity contribution is 6.30. The molecule has 0 fully saturated rings. The van der Waals surface area contributed by atoms with Crippen molar-refractivity contribution in [3.8, 4) is 11.5 Å². The Bertz CT molecular complexity index is 928. The van der Waals surface area contributed by atoms with Gasteiger partial charge in [-0.1, -0.05) is 18.2 Å². The van der Waals surface area contributed by atoms with E-state index < -0.39 is 24.2 Å². The molecule has 0 atom stereocenters. The molecule has 0 aliphatic heterocycles. The highest BCUT2D eigenvalue weighted by Gasteiger charge is 2.11. The molecule has 2 rings (SSSR count). The number of pyridine rings is 1. The molecule has 0 spiro atoms. The minimum atomic E-state index is -3.02. The third-order valence-electron chi connectivity index (χ3n) is 3.48. The molecule has 0 radical (unpaired) electrons. The smallest absolute Gasteiger partial charge is 0.387 e. The van der Waals surface area contributed by atoms with E-state index in [1.165, 1.54) is 24.4 Å². The number of nitrogens with one attached hydrogen (secondary N) is 2. The van der Waals surface area contributed by atoms with Crippen LogP contribution in [0.5, 0.6) is 11.5 Å². The molecule has 11 heteroatoms. The van der Waals surface area contributed by atoms with Crippen molar-refractivity contribution in [2.45, 2.75) is 13.0 Å². The zero-order valence-corrected chi connectivity index (χ0v) is 16.2.